The first-order chi connectivity index (χ1) is 9.60. The Labute approximate surface area is 123 Å². The van der Waals surface area contributed by atoms with Gasteiger partial charge in [-0.1, -0.05) is 12.1 Å². The number of amides is 1. The van der Waals surface area contributed by atoms with Gasteiger partial charge >= 0.3 is 12.1 Å². The van der Waals surface area contributed by atoms with Crippen LogP contribution in [0.25, 0.3) is 0 Å². The van der Waals surface area contributed by atoms with Crippen LogP contribution in [0.2, 0.25) is 0 Å². The summed E-state index contributed by atoms with van der Waals surface area (Å²) in [6, 6.07) is 4.41. The summed E-state index contributed by atoms with van der Waals surface area (Å²) >= 11 is 0. The largest absolute Gasteiger partial charge is 0.480 e. The van der Waals surface area contributed by atoms with Gasteiger partial charge in [0.25, 0.3) is 0 Å². The Bertz CT molecular complexity index is 507. The van der Waals surface area contributed by atoms with Crippen molar-refractivity contribution in [3.05, 3.63) is 35.6 Å². The average Bonchev–Trinajstić information content (AvgIpc) is 2.34. The van der Waals surface area contributed by atoms with E-state index in [0.717, 1.165) is 4.90 Å². The van der Waals surface area contributed by atoms with Crippen LogP contribution in [0, 0.1) is 5.82 Å². The molecule has 0 aromatic heterocycles. The molecule has 0 aliphatic carbocycles. The lowest BCUT2D eigenvalue weighted by Gasteiger charge is -2.28. The van der Waals surface area contributed by atoms with Gasteiger partial charge in [-0.3, -0.25) is 4.90 Å². The van der Waals surface area contributed by atoms with E-state index in [1.54, 1.807) is 20.8 Å². The number of aliphatic carboxylic acids is 1. The Hall–Kier alpha value is -2.11. The van der Waals surface area contributed by atoms with E-state index in [4.69, 9.17) is 4.74 Å². The van der Waals surface area contributed by atoms with Crippen LogP contribution in [0.15, 0.2) is 24.3 Å². The Morgan fingerprint density at radius 1 is 1.29 bits per heavy atom. The molecule has 0 radical (unpaired) electrons. The summed E-state index contributed by atoms with van der Waals surface area (Å²) in [6.45, 7) is 5.11. The minimum atomic E-state index is -1.15. The summed E-state index contributed by atoms with van der Waals surface area (Å²) in [4.78, 5) is 24.3. The second-order valence-corrected chi connectivity index (χ2v) is 5.78. The van der Waals surface area contributed by atoms with E-state index in [-0.39, 0.29) is 6.42 Å². The van der Waals surface area contributed by atoms with E-state index in [1.807, 2.05) is 0 Å². The molecule has 0 spiro atoms. The monoisotopic (exact) mass is 297 g/mol. The van der Waals surface area contributed by atoms with Gasteiger partial charge in [0, 0.05) is 13.5 Å². The van der Waals surface area contributed by atoms with Crippen molar-refractivity contribution in [1.29, 1.82) is 0 Å². The fraction of sp³-hybridized carbons (Fsp3) is 0.467. The second-order valence-electron chi connectivity index (χ2n) is 5.78. The van der Waals surface area contributed by atoms with E-state index in [0.29, 0.717) is 5.56 Å². The molecule has 5 nitrogen and oxygen atoms in total. The molecule has 0 saturated carbocycles. The molecule has 1 N–H and O–H groups in total. The lowest BCUT2D eigenvalue weighted by Crippen LogP contribution is -2.46. The topological polar surface area (TPSA) is 66.8 Å². The van der Waals surface area contributed by atoms with Crippen molar-refractivity contribution in [3.63, 3.8) is 0 Å². The van der Waals surface area contributed by atoms with Gasteiger partial charge in [-0.15, -0.1) is 0 Å². The number of nitrogens with zero attached hydrogens (tertiary/aromatic N) is 1. The lowest BCUT2D eigenvalue weighted by molar-refractivity contribution is -0.142. The summed E-state index contributed by atoms with van der Waals surface area (Å²) in [5, 5.41) is 9.28. The normalized spacial score (nSPS) is 12.6. The van der Waals surface area contributed by atoms with Crippen molar-refractivity contribution in [2.75, 3.05) is 7.05 Å². The number of carboxylic acids is 1. The Balaban J connectivity index is 2.83. The molecular formula is C15H20FNO4. The van der Waals surface area contributed by atoms with Crippen LogP contribution < -0.4 is 0 Å². The molecule has 0 aliphatic heterocycles. The van der Waals surface area contributed by atoms with Crippen LogP contribution in [-0.2, 0) is 16.0 Å². The van der Waals surface area contributed by atoms with Crippen LogP contribution in [-0.4, -0.2) is 40.8 Å². The van der Waals surface area contributed by atoms with Crippen LogP contribution >= 0.6 is 0 Å². The maximum Gasteiger partial charge on any atom is 0.410 e. The molecule has 6 heteroatoms. The molecule has 0 aliphatic rings. The zero-order valence-corrected chi connectivity index (χ0v) is 12.6. The summed E-state index contributed by atoms with van der Waals surface area (Å²) in [5.74, 6) is -1.54. The quantitative estimate of drug-likeness (QED) is 0.928. The number of likely N-dealkylation sites (N-methyl/N-ethyl adjacent to an activating group) is 1. The van der Waals surface area contributed by atoms with Gasteiger partial charge in [0.2, 0.25) is 0 Å². The molecule has 0 bridgehead atoms. The van der Waals surface area contributed by atoms with Crippen LogP contribution in [0.3, 0.4) is 0 Å². The molecule has 1 rings (SSSR count). The third kappa shape index (κ3) is 5.41. The lowest BCUT2D eigenvalue weighted by atomic mass is 10.1. The number of ether oxygens (including phenoxy) is 1. The van der Waals surface area contributed by atoms with Gasteiger partial charge in [-0.2, -0.15) is 0 Å². The molecule has 1 aromatic rings. The molecule has 116 valence electrons. The summed E-state index contributed by atoms with van der Waals surface area (Å²) < 4.78 is 18.0. The number of hydrogen-bond acceptors (Lipinski definition) is 3. The van der Waals surface area contributed by atoms with Crippen molar-refractivity contribution in [3.8, 4) is 0 Å². The molecule has 21 heavy (non-hydrogen) atoms. The van der Waals surface area contributed by atoms with Gasteiger partial charge < -0.3 is 9.84 Å². The third-order valence-electron chi connectivity index (χ3n) is 2.78. The smallest absolute Gasteiger partial charge is 0.410 e. The van der Waals surface area contributed by atoms with Crippen molar-refractivity contribution in [1.82, 2.24) is 4.90 Å². The summed E-state index contributed by atoms with van der Waals surface area (Å²) in [5.41, 5.74) is -0.0798. The molecule has 1 aromatic carbocycles. The second kappa shape index (κ2) is 6.56. The first-order valence-electron chi connectivity index (χ1n) is 6.53. The highest BCUT2D eigenvalue weighted by atomic mass is 19.1. The number of benzene rings is 1. The van der Waals surface area contributed by atoms with Crippen molar-refractivity contribution < 1.29 is 23.8 Å². The predicted molar refractivity (Wildman–Crippen MR) is 75.5 cm³/mol. The predicted octanol–water partition coefficient (Wildman–Crippen LogP) is 2.69. The fourth-order valence-corrected chi connectivity index (χ4v) is 1.69. The van der Waals surface area contributed by atoms with Crippen LogP contribution in [0.4, 0.5) is 9.18 Å². The first kappa shape index (κ1) is 16.9. The Morgan fingerprint density at radius 3 is 2.24 bits per heavy atom. The van der Waals surface area contributed by atoms with Gasteiger partial charge in [-0.25, -0.2) is 14.0 Å². The van der Waals surface area contributed by atoms with E-state index in [1.165, 1.54) is 31.3 Å². The van der Waals surface area contributed by atoms with Gasteiger partial charge in [0.1, 0.15) is 17.5 Å². The van der Waals surface area contributed by atoms with Gasteiger partial charge in [0.15, 0.2) is 0 Å². The van der Waals surface area contributed by atoms with E-state index >= 15 is 0 Å². The van der Waals surface area contributed by atoms with Gasteiger partial charge in [-0.05, 0) is 38.5 Å². The standard InChI is InChI=1S/C15H20FNO4/c1-15(2,3)21-14(20)17(4)12(13(18)19)9-10-5-7-11(16)8-6-10/h5-8,12H,9H2,1-4H3,(H,18,19)/t12-/m1/s1. The summed E-state index contributed by atoms with van der Waals surface area (Å²) in [7, 11) is 1.37. The van der Waals surface area contributed by atoms with Gasteiger partial charge in [0.05, 0.1) is 0 Å². The van der Waals surface area contributed by atoms with E-state index in [2.05, 4.69) is 0 Å². The molecule has 1 amide bonds. The highest BCUT2D eigenvalue weighted by Gasteiger charge is 2.30. The maximum atomic E-state index is 12.9. The molecule has 0 unspecified atom stereocenters. The van der Waals surface area contributed by atoms with E-state index < -0.39 is 29.5 Å². The molecule has 1 atom stereocenters. The first-order valence-corrected chi connectivity index (χ1v) is 6.53. The van der Waals surface area contributed by atoms with Crippen molar-refractivity contribution in [2.24, 2.45) is 0 Å². The molecule has 0 fully saturated rings. The molecule has 0 heterocycles. The fourth-order valence-electron chi connectivity index (χ4n) is 1.69. The highest BCUT2D eigenvalue weighted by Crippen LogP contribution is 2.14. The number of carbonyl (C=O) groups excluding carboxylic acids is 1. The van der Waals surface area contributed by atoms with E-state index in [9.17, 15) is 19.1 Å². The Morgan fingerprint density at radius 2 is 1.81 bits per heavy atom. The minimum Gasteiger partial charge on any atom is -0.480 e. The highest BCUT2D eigenvalue weighted by molar-refractivity contribution is 5.80. The maximum absolute atomic E-state index is 12.9. The number of hydrogen-bond donors (Lipinski definition) is 1. The van der Waals surface area contributed by atoms with Crippen LogP contribution in [0.1, 0.15) is 26.3 Å². The zero-order chi connectivity index (χ0) is 16.2. The Kier molecular flexibility index (Phi) is 5.29. The zero-order valence-electron chi connectivity index (χ0n) is 12.6. The minimum absolute atomic E-state index is 0.0748. The van der Waals surface area contributed by atoms with Crippen molar-refractivity contribution >= 4 is 12.1 Å². The number of halogens is 1. The molecular weight excluding hydrogens is 277 g/mol. The number of carboxylic acid groups (broad SMARTS) is 1. The number of carbonyl (C=O) groups is 2. The molecule has 0 saturated heterocycles. The number of rotatable bonds is 4. The third-order valence-corrected chi connectivity index (χ3v) is 2.78. The average molecular weight is 297 g/mol. The van der Waals surface area contributed by atoms with Crippen LogP contribution in [0.5, 0.6) is 0 Å². The summed E-state index contributed by atoms with van der Waals surface area (Å²) in [6.07, 6.45) is -0.636. The van der Waals surface area contributed by atoms with Crippen molar-refractivity contribution in [2.45, 2.75) is 38.8 Å². The SMILES string of the molecule is CN(C(=O)OC(C)(C)C)[C@H](Cc1ccc(F)cc1)C(=O)O.